The molecule has 4 heteroatoms. The zero-order valence-electron chi connectivity index (χ0n) is 11.1. The van der Waals surface area contributed by atoms with Crippen molar-refractivity contribution in [2.24, 2.45) is 0 Å². The van der Waals surface area contributed by atoms with Gasteiger partial charge in [-0.3, -0.25) is 0 Å². The third-order valence-corrected chi connectivity index (χ3v) is 4.51. The highest BCUT2D eigenvalue weighted by molar-refractivity contribution is 9.10. The average molecular weight is 320 g/mol. The Labute approximate surface area is 122 Å². The predicted octanol–water partition coefficient (Wildman–Crippen LogP) is 3.19. The van der Waals surface area contributed by atoms with E-state index in [9.17, 15) is 0 Å². The number of hydrogen-bond acceptors (Lipinski definition) is 3. The predicted molar refractivity (Wildman–Crippen MR) is 83.7 cm³/mol. The van der Waals surface area contributed by atoms with Gasteiger partial charge in [-0.1, -0.05) is 28.1 Å². The number of likely N-dealkylation sites (N-methyl/N-ethyl adjacent to an activating group) is 1. The van der Waals surface area contributed by atoms with E-state index in [2.05, 4.69) is 62.3 Å². The maximum atomic E-state index is 4.64. The van der Waals surface area contributed by atoms with Crippen LogP contribution in [-0.4, -0.2) is 30.7 Å². The smallest absolute Gasteiger partial charge is 0.136 e. The van der Waals surface area contributed by atoms with E-state index >= 15 is 0 Å². The lowest BCUT2D eigenvalue weighted by Crippen LogP contribution is -2.37. The van der Waals surface area contributed by atoms with Gasteiger partial charge in [0.25, 0.3) is 0 Å². The first-order chi connectivity index (χ1) is 9.31. The molecule has 2 aromatic rings. The normalized spacial score (nSPS) is 18.9. The van der Waals surface area contributed by atoms with Crippen LogP contribution < -0.4 is 10.2 Å². The van der Waals surface area contributed by atoms with Crippen LogP contribution in [0.3, 0.4) is 0 Å². The van der Waals surface area contributed by atoms with Crippen LogP contribution >= 0.6 is 15.9 Å². The zero-order chi connectivity index (χ0) is 13.2. The molecule has 0 bridgehead atoms. The van der Waals surface area contributed by atoms with Crippen molar-refractivity contribution in [1.29, 1.82) is 0 Å². The maximum Gasteiger partial charge on any atom is 0.136 e. The Bertz CT molecular complexity index is 579. The standard InChI is InChI=1S/C15H18BrN3/c1-2-19(11-6-8-17-10-11)15-13-4-3-5-14(16)12(13)7-9-18-15/h3-5,7,9,11,17H,2,6,8,10H2,1H3. The quantitative estimate of drug-likeness (QED) is 0.941. The Morgan fingerprint density at radius 1 is 1.37 bits per heavy atom. The van der Waals surface area contributed by atoms with Crippen molar-refractivity contribution < 1.29 is 0 Å². The fourth-order valence-electron chi connectivity index (χ4n) is 2.87. The zero-order valence-corrected chi connectivity index (χ0v) is 12.7. The molecule has 1 fully saturated rings. The number of aromatic nitrogens is 1. The summed E-state index contributed by atoms with van der Waals surface area (Å²) in [5, 5.41) is 5.90. The summed E-state index contributed by atoms with van der Waals surface area (Å²) in [6.45, 7) is 5.36. The summed E-state index contributed by atoms with van der Waals surface area (Å²) >= 11 is 3.63. The lowest BCUT2D eigenvalue weighted by atomic mass is 10.1. The van der Waals surface area contributed by atoms with E-state index in [4.69, 9.17) is 0 Å². The summed E-state index contributed by atoms with van der Waals surface area (Å²) < 4.78 is 1.13. The molecule has 1 aromatic carbocycles. The lowest BCUT2D eigenvalue weighted by Gasteiger charge is -2.29. The highest BCUT2D eigenvalue weighted by Crippen LogP contribution is 2.31. The second-order valence-corrected chi connectivity index (χ2v) is 5.76. The van der Waals surface area contributed by atoms with Crippen molar-refractivity contribution in [1.82, 2.24) is 10.3 Å². The van der Waals surface area contributed by atoms with Gasteiger partial charge in [0, 0.05) is 40.6 Å². The van der Waals surface area contributed by atoms with Crippen LogP contribution in [0.4, 0.5) is 5.82 Å². The van der Waals surface area contributed by atoms with Crippen LogP contribution in [-0.2, 0) is 0 Å². The van der Waals surface area contributed by atoms with Crippen molar-refractivity contribution in [2.45, 2.75) is 19.4 Å². The minimum absolute atomic E-state index is 0.557. The minimum Gasteiger partial charge on any atom is -0.352 e. The average Bonchev–Trinajstić information content (AvgIpc) is 2.95. The number of anilines is 1. The third-order valence-electron chi connectivity index (χ3n) is 3.82. The van der Waals surface area contributed by atoms with Gasteiger partial charge in [-0.25, -0.2) is 4.98 Å². The molecule has 1 atom stereocenters. The van der Waals surface area contributed by atoms with Gasteiger partial charge in [-0.15, -0.1) is 0 Å². The molecule has 0 saturated carbocycles. The molecule has 3 nitrogen and oxygen atoms in total. The number of rotatable bonds is 3. The second-order valence-electron chi connectivity index (χ2n) is 4.90. The van der Waals surface area contributed by atoms with E-state index in [-0.39, 0.29) is 0 Å². The Balaban J connectivity index is 2.10. The molecule has 3 rings (SSSR count). The third kappa shape index (κ3) is 2.35. The topological polar surface area (TPSA) is 28.2 Å². The van der Waals surface area contributed by atoms with E-state index in [1.165, 1.54) is 17.2 Å². The van der Waals surface area contributed by atoms with Gasteiger partial charge in [0.15, 0.2) is 0 Å². The van der Waals surface area contributed by atoms with Gasteiger partial charge in [0.1, 0.15) is 5.82 Å². The van der Waals surface area contributed by atoms with Crippen LogP contribution in [0.5, 0.6) is 0 Å². The molecule has 19 heavy (non-hydrogen) atoms. The fourth-order valence-corrected chi connectivity index (χ4v) is 3.37. The molecular weight excluding hydrogens is 302 g/mol. The number of nitrogens with zero attached hydrogens (tertiary/aromatic N) is 2. The van der Waals surface area contributed by atoms with Crippen molar-refractivity contribution in [3.8, 4) is 0 Å². The molecule has 0 amide bonds. The molecule has 1 aliphatic heterocycles. The van der Waals surface area contributed by atoms with Gasteiger partial charge in [-0.05, 0) is 32.0 Å². The second kappa shape index (κ2) is 5.47. The Morgan fingerprint density at radius 3 is 3.00 bits per heavy atom. The van der Waals surface area contributed by atoms with Crippen LogP contribution in [0.1, 0.15) is 13.3 Å². The summed E-state index contributed by atoms with van der Waals surface area (Å²) in [5.41, 5.74) is 0. The largest absolute Gasteiger partial charge is 0.352 e. The summed E-state index contributed by atoms with van der Waals surface area (Å²) in [7, 11) is 0. The van der Waals surface area contributed by atoms with Crippen LogP contribution in [0, 0.1) is 0 Å². The van der Waals surface area contributed by atoms with E-state index in [0.717, 1.165) is 29.9 Å². The lowest BCUT2D eigenvalue weighted by molar-refractivity contribution is 0.643. The van der Waals surface area contributed by atoms with Gasteiger partial charge >= 0.3 is 0 Å². The molecule has 2 heterocycles. The highest BCUT2D eigenvalue weighted by atomic mass is 79.9. The van der Waals surface area contributed by atoms with Crippen molar-refractivity contribution in [2.75, 3.05) is 24.5 Å². The monoisotopic (exact) mass is 319 g/mol. The van der Waals surface area contributed by atoms with E-state index in [1.807, 2.05) is 6.20 Å². The Kier molecular flexibility index (Phi) is 3.71. The van der Waals surface area contributed by atoms with E-state index in [1.54, 1.807) is 0 Å². The molecule has 100 valence electrons. The summed E-state index contributed by atoms with van der Waals surface area (Å²) in [5.74, 6) is 1.11. The molecule has 0 aliphatic carbocycles. The fraction of sp³-hybridized carbons (Fsp3) is 0.400. The van der Waals surface area contributed by atoms with Gasteiger partial charge in [0.2, 0.25) is 0 Å². The maximum absolute atomic E-state index is 4.64. The SMILES string of the molecule is CCN(c1nccc2c(Br)cccc12)C1CCNC1. The molecule has 0 radical (unpaired) electrons. The summed E-state index contributed by atoms with van der Waals surface area (Å²) in [6, 6.07) is 8.96. The van der Waals surface area contributed by atoms with E-state index in [0.29, 0.717) is 6.04 Å². The van der Waals surface area contributed by atoms with Gasteiger partial charge in [0.05, 0.1) is 0 Å². The molecule has 0 spiro atoms. The number of pyridine rings is 1. The number of nitrogens with one attached hydrogen (secondary N) is 1. The molecule has 1 saturated heterocycles. The first-order valence-corrected chi connectivity index (χ1v) is 7.61. The van der Waals surface area contributed by atoms with Gasteiger partial charge < -0.3 is 10.2 Å². The van der Waals surface area contributed by atoms with E-state index < -0.39 is 0 Å². The van der Waals surface area contributed by atoms with Crippen molar-refractivity contribution >= 4 is 32.5 Å². The first-order valence-electron chi connectivity index (χ1n) is 6.82. The number of fused-ring (bicyclic) bond motifs is 1. The Morgan fingerprint density at radius 2 is 2.26 bits per heavy atom. The van der Waals surface area contributed by atoms with Crippen LogP contribution in [0.15, 0.2) is 34.9 Å². The molecular formula is C15H18BrN3. The molecule has 1 unspecified atom stereocenters. The minimum atomic E-state index is 0.557. The summed E-state index contributed by atoms with van der Waals surface area (Å²) in [6.07, 6.45) is 3.10. The van der Waals surface area contributed by atoms with Crippen molar-refractivity contribution in [3.05, 3.63) is 34.9 Å². The molecule has 1 aromatic heterocycles. The van der Waals surface area contributed by atoms with Crippen molar-refractivity contribution in [3.63, 3.8) is 0 Å². The number of halogens is 1. The number of hydrogen-bond donors (Lipinski definition) is 1. The highest BCUT2D eigenvalue weighted by Gasteiger charge is 2.23. The number of benzene rings is 1. The first kappa shape index (κ1) is 12.9. The van der Waals surface area contributed by atoms with Gasteiger partial charge in [-0.2, -0.15) is 0 Å². The van der Waals surface area contributed by atoms with Crippen LogP contribution in [0.2, 0.25) is 0 Å². The Hall–Kier alpha value is -1.13. The van der Waals surface area contributed by atoms with Crippen LogP contribution in [0.25, 0.3) is 10.8 Å². The molecule has 1 N–H and O–H groups in total. The summed E-state index contributed by atoms with van der Waals surface area (Å²) in [4.78, 5) is 7.07. The molecule has 1 aliphatic rings.